The lowest BCUT2D eigenvalue weighted by Crippen LogP contribution is -2.28. The summed E-state index contributed by atoms with van der Waals surface area (Å²) in [7, 11) is 0. The summed E-state index contributed by atoms with van der Waals surface area (Å²) < 4.78 is 54.2. The number of rotatable bonds is 3. The Morgan fingerprint density at radius 3 is 1.27 bits per heavy atom. The van der Waals surface area contributed by atoms with E-state index in [1.807, 2.05) is 0 Å². The van der Waals surface area contributed by atoms with Gasteiger partial charge in [-0.25, -0.2) is 17.6 Å². The molecule has 22 heavy (non-hydrogen) atoms. The molecule has 2 rings (SSSR count). The van der Waals surface area contributed by atoms with Crippen LogP contribution in [0.4, 0.5) is 17.6 Å². The number of benzene rings is 2. The van der Waals surface area contributed by atoms with E-state index in [1.165, 1.54) is 0 Å². The van der Waals surface area contributed by atoms with Crippen LogP contribution in [0.15, 0.2) is 33.2 Å². The Labute approximate surface area is 140 Å². The Balaban J connectivity index is 2.43. The van der Waals surface area contributed by atoms with Gasteiger partial charge in [-0.1, -0.05) is 0 Å². The molecule has 0 amide bonds. The average Bonchev–Trinajstić information content (AvgIpc) is 2.45. The lowest BCUT2D eigenvalue weighted by atomic mass is 9.94. The van der Waals surface area contributed by atoms with Gasteiger partial charge >= 0.3 is 0 Å². The number of hydrogen-bond acceptors (Lipinski definition) is 2. The fourth-order valence-electron chi connectivity index (χ4n) is 1.97. The molecule has 2 unspecified atom stereocenters. The summed E-state index contributed by atoms with van der Waals surface area (Å²) in [6.07, 6.45) is 0. The van der Waals surface area contributed by atoms with E-state index in [0.29, 0.717) is 12.1 Å². The second-order valence-corrected chi connectivity index (χ2v) is 6.34. The molecule has 2 atom stereocenters. The molecule has 0 aliphatic carbocycles. The van der Waals surface area contributed by atoms with Crippen LogP contribution in [0, 0.1) is 23.3 Å². The van der Waals surface area contributed by atoms with Gasteiger partial charge in [0.2, 0.25) is 0 Å². The molecule has 0 bridgehead atoms. The Morgan fingerprint density at radius 2 is 0.955 bits per heavy atom. The van der Waals surface area contributed by atoms with E-state index in [0.717, 1.165) is 12.1 Å². The van der Waals surface area contributed by atoms with E-state index in [9.17, 15) is 17.6 Å². The quantitative estimate of drug-likeness (QED) is 0.545. The fourth-order valence-corrected chi connectivity index (χ4v) is 2.70. The van der Waals surface area contributed by atoms with E-state index in [1.54, 1.807) is 0 Å². The van der Waals surface area contributed by atoms with E-state index in [-0.39, 0.29) is 20.1 Å². The molecule has 0 saturated heterocycles. The van der Waals surface area contributed by atoms with Crippen molar-refractivity contribution in [3.8, 4) is 0 Å². The Bertz CT molecular complexity index is 663. The lowest BCUT2D eigenvalue weighted by molar-refractivity contribution is 0.490. The van der Waals surface area contributed by atoms with Crippen LogP contribution in [0.3, 0.4) is 0 Å². The first-order valence-electron chi connectivity index (χ1n) is 6.02. The van der Waals surface area contributed by atoms with Crippen molar-refractivity contribution in [3.63, 3.8) is 0 Å². The molecule has 0 spiro atoms. The fraction of sp³-hybridized carbons (Fsp3) is 0.143. The van der Waals surface area contributed by atoms with Crippen molar-refractivity contribution in [1.29, 1.82) is 0 Å². The van der Waals surface area contributed by atoms with Gasteiger partial charge in [0.15, 0.2) is 0 Å². The van der Waals surface area contributed by atoms with Gasteiger partial charge in [0.05, 0.1) is 21.0 Å². The minimum atomic E-state index is -1.15. The lowest BCUT2D eigenvalue weighted by Gasteiger charge is -2.22. The molecule has 0 radical (unpaired) electrons. The summed E-state index contributed by atoms with van der Waals surface area (Å²) in [5, 5.41) is 0. The van der Waals surface area contributed by atoms with Crippen LogP contribution in [0.25, 0.3) is 0 Å². The van der Waals surface area contributed by atoms with Crippen LogP contribution >= 0.6 is 31.9 Å². The number of nitrogens with two attached hydrogens (primary N) is 2. The third-order valence-corrected chi connectivity index (χ3v) is 4.40. The van der Waals surface area contributed by atoms with Crippen molar-refractivity contribution in [1.82, 2.24) is 0 Å². The maximum absolute atomic E-state index is 13.8. The molecule has 0 saturated carbocycles. The largest absolute Gasteiger partial charge is 0.322 e. The SMILES string of the molecule is NC(c1cc(Br)c(F)cc1F)C(N)c1cc(Br)c(F)cc1F. The van der Waals surface area contributed by atoms with Gasteiger partial charge in [0, 0.05) is 23.3 Å². The minimum absolute atomic E-state index is 0.00677. The van der Waals surface area contributed by atoms with Crippen molar-refractivity contribution in [2.45, 2.75) is 12.1 Å². The van der Waals surface area contributed by atoms with Crippen molar-refractivity contribution in [2.24, 2.45) is 11.5 Å². The summed E-state index contributed by atoms with van der Waals surface area (Å²) in [5.74, 6) is -3.38. The number of halogens is 6. The maximum Gasteiger partial charge on any atom is 0.140 e. The Morgan fingerprint density at radius 1 is 0.636 bits per heavy atom. The molecule has 8 heteroatoms. The zero-order valence-electron chi connectivity index (χ0n) is 10.9. The molecule has 118 valence electrons. The van der Waals surface area contributed by atoms with Crippen molar-refractivity contribution in [3.05, 3.63) is 67.6 Å². The van der Waals surface area contributed by atoms with Gasteiger partial charge in [0.1, 0.15) is 23.3 Å². The molecule has 2 aromatic rings. The highest BCUT2D eigenvalue weighted by atomic mass is 79.9. The first kappa shape index (κ1) is 17.4. The van der Waals surface area contributed by atoms with Gasteiger partial charge in [-0.2, -0.15) is 0 Å². The monoisotopic (exact) mass is 440 g/mol. The third kappa shape index (κ3) is 3.34. The molecule has 2 nitrogen and oxygen atoms in total. The van der Waals surface area contributed by atoms with Crippen molar-refractivity contribution in [2.75, 3.05) is 0 Å². The molecule has 2 aromatic carbocycles. The topological polar surface area (TPSA) is 52.0 Å². The van der Waals surface area contributed by atoms with Gasteiger partial charge < -0.3 is 11.5 Å². The van der Waals surface area contributed by atoms with Gasteiger partial charge in [-0.3, -0.25) is 0 Å². The predicted molar refractivity (Wildman–Crippen MR) is 82.0 cm³/mol. The van der Waals surface area contributed by atoms with Crippen LogP contribution in [0.2, 0.25) is 0 Å². The van der Waals surface area contributed by atoms with E-state index in [4.69, 9.17) is 11.5 Å². The maximum atomic E-state index is 13.8. The van der Waals surface area contributed by atoms with E-state index < -0.39 is 35.4 Å². The number of hydrogen-bond donors (Lipinski definition) is 2. The van der Waals surface area contributed by atoms with Gasteiger partial charge in [-0.05, 0) is 44.0 Å². The standard InChI is InChI=1S/C14H10Br2F4N2/c15-7-1-5(9(17)3-11(7)19)13(21)14(22)6-2-8(16)12(20)4-10(6)18/h1-4,13-14H,21-22H2. The van der Waals surface area contributed by atoms with Gasteiger partial charge in [0.25, 0.3) is 0 Å². The minimum Gasteiger partial charge on any atom is -0.322 e. The summed E-state index contributed by atoms with van der Waals surface area (Å²) in [5.41, 5.74) is 11.6. The molecule has 0 heterocycles. The summed E-state index contributed by atoms with van der Waals surface area (Å²) >= 11 is 5.84. The van der Waals surface area contributed by atoms with E-state index in [2.05, 4.69) is 31.9 Å². The molecular weight excluding hydrogens is 432 g/mol. The van der Waals surface area contributed by atoms with Crippen molar-refractivity contribution >= 4 is 31.9 Å². The highest BCUT2D eigenvalue weighted by Gasteiger charge is 2.25. The Hall–Kier alpha value is -0.960. The molecule has 0 aliphatic rings. The highest BCUT2D eigenvalue weighted by Crippen LogP contribution is 2.32. The zero-order chi connectivity index (χ0) is 16.6. The first-order chi connectivity index (χ1) is 10.2. The molecule has 0 fully saturated rings. The van der Waals surface area contributed by atoms with E-state index >= 15 is 0 Å². The van der Waals surface area contributed by atoms with Crippen LogP contribution in [-0.4, -0.2) is 0 Å². The summed E-state index contributed by atoms with van der Waals surface area (Å²) in [6.45, 7) is 0. The zero-order valence-corrected chi connectivity index (χ0v) is 14.1. The molecule has 0 aromatic heterocycles. The van der Waals surface area contributed by atoms with Crippen LogP contribution < -0.4 is 11.5 Å². The molecular formula is C14H10Br2F4N2. The average molecular weight is 442 g/mol. The molecule has 4 N–H and O–H groups in total. The summed E-state index contributed by atoms with van der Waals surface area (Å²) in [4.78, 5) is 0. The second-order valence-electron chi connectivity index (χ2n) is 4.63. The smallest absolute Gasteiger partial charge is 0.140 e. The Kier molecular flexibility index (Phi) is 5.26. The predicted octanol–water partition coefficient (Wildman–Crippen LogP) is 4.47. The summed E-state index contributed by atoms with van der Waals surface area (Å²) in [6, 6.07) is 1.30. The van der Waals surface area contributed by atoms with Gasteiger partial charge in [-0.15, -0.1) is 0 Å². The third-order valence-electron chi connectivity index (χ3n) is 3.18. The highest BCUT2D eigenvalue weighted by molar-refractivity contribution is 9.10. The van der Waals surface area contributed by atoms with Crippen molar-refractivity contribution < 1.29 is 17.6 Å². The molecule has 0 aliphatic heterocycles. The normalized spacial score (nSPS) is 14.0. The first-order valence-corrected chi connectivity index (χ1v) is 7.61. The second kappa shape index (κ2) is 6.66. The van der Waals surface area contributed by atoms with Crippen LogP contribution in [0.1, 0.15) is 23.2 Å². The van der Waals surface area contributed by atoms with Crippen LogP contribution in [0.5, 0.6) is 0 Å². The van der Waals surface area contributed by atoms with Crippen LogP contribution in [-0.2, 0) is 0 Å².